The first kappa shape index (κ1) is 14.4. The highest BCUT2D eigenvalue weighted by Gasteiger charge is 2.05. The van der Waals surface area contributed by atoms with Gasteiger partial charge in [0.1, 0.15) is 9.84 Å². The van der Waals surface area contributed by atoms with Crippen molar-refractivity contribution in [3.05, 3.63) is 0 Å². The van der Waals surface area contributed by atoms with Crippen LogP contribution >= 0.6 is 0 Å². The first-order chi connectivity index (χ1) is 5.54. The summed E-state index contributed by atoms with van der Waals surface area (Å²) in [5.74, 6) is 0.696. The summed E-state index contributed by atoms with van der Waals surface area (Å²) in [4.78, 5) is 0. The molecule has 0 aromatic carbocycles. The fraction of sp³-hybridized carbons (Fsp3) is 1.00. The first-order valence-electron chi connectivity index (χ1n) is 4.35. The van der Waals surface area contributed by atoms with Gasteiger partial charge < -0.3 is 5.11 Å². The lowest BCUT2D eigenvalue weighted by molar-refractivity contribution is 0.318. The van der Waals surface area contributed by atoms with Gasteiger partial charge in [0.25, 0.3) is 0 Å². The Bertz CT molecular complexity index is 149. The molecule has 1 N–H and O–H groups in total. The Morgan fingerprint density at radius 2 is 1.25 bits per heavy atom. The average molecular weight is 196 g/mol. The van der Waals surface area contributed by atoms with Crippen LogP contribution < -0.4 is 0 Å². The zero-order valence-electron chi connectivity index (χ0n) is 8.21. The number of aliphatic hydroxyl groups is 1. The molecule has 0 rings (SSSR count). The summed E-state index contributed by atoms with van der Waals surface area (Å²) >= 11 is 0. The second-order valence-corrected chi connectivity index (χ2v) is 4.77. The maximum absolute atomic E-state index is 10.8. The molecule has 0 spiro atoms. The molecular weight excluding hydrogens is 176 g/mol. The molecular formula is C8H20O3S. The normalized spacial score (nSPS) is 10.3. The van der Waals surface area contributed by atoms with Gasteiger partial charge in [0, 0.05) is 18.1 Å². The quantitative estimate of drug-likeness (QED) is 0.735. The summed E-state index contributed by atoms with van der Waals surface area (Å²) in [6.07, 6.45) is 1.48. The Kier molecular flexibility index (Phi) is 10.8. The minimum atomic E-state index is -2.68. The molecule has 0 radical (unpaired) electrons. The molecule has 0 aliphatic heterocycles. The summed E-state index contributed by atoms with van der Waals surface area (Å²) in [6, 6.07) is 0. The van der Waals surface area contributed by atoms with Gasteiger partial charge in [-0.2, -0.15) is 0 Å². The van der Waals surface area contributed by atoms with Crippen LogP contribution in [0.15, 0.2) is 0 Å². The molecule has 0 fully saturated rings. The minimum absolute atomic E-state index is 0.250. The number of aliphatic hydroxyl groups excluding tert-OH is 1. The first-order valence-corrected chi connectivity index (χ1v) is 6.17. The summed E-state index contributed by atoms with van der Waals surface area (Å²) in [5, 5.41) is 7.57. The summed E-state index contributed by atoms with van der Waals surface area (Å²) in [5.41, 5.74) is 0. The second-order valence-electron chi connectivity index (χ2n) is 2.47. The molecule has 3 nitrogen and oxygen atoms in total. The lowest BCUT2D eigenvalue weighted by Gasteiger charge is -1.96. The van der Waals surface area contributed by atoms with Crippen LogP contribution in [0.2, 0.25) is 0 Å². The molecule has 0 atom stereocenters. The van der Waals surface area contributed by atoms with Gasteiger partial charge >= 0.3 is 0 Å². The average Bonchev–Trinajstić information content (AvgIpc) is 1.88. The predicted octanol–water partition coefficient (Wildman–Crippen LogP) is 1.22. The van der Waals surface area contributed by atoms with Crippen molar-refractivity contribution < 1.29 is 13.5 Å². The Morgan fingerprint density at radius 3 is 1.42 bits per heavy atom. The van der Waals surface area contributed by atoms with E-state index in [1.165, 1.54) is 0 Å². The Balaban J connectivity index is 0. The van der Waals surface area contributed by atoms with Gasteiger partial charge in [-0.25, -0.2) is 8.42 Å². The monoisotopic (exact) mass is 196 g/mol. The third-order valence-corrected chi connectivity index (χ3v) is 3.09. The Morgan fingerprint density at radius 1 is 1.00 bits per heavy atom. The van der Waals surface area contributed by atoms with Crippen LogP contribution in [0.4, 0.5) is 0 Å². The molecule has 0 bridgehead atoms. The van der Waals surface area contributed by atoms with Crippen molar-refractivity contribution in [2.45, 2.75) is 33.6 Å². The molecule has 0 aromatic rings. The van der Waals surface area contributed by atoms with Crippen molar-refractivity contribution >= 4 is 9.84 Å². The van der Waals surface area contributed by atoms with Crippen molar-refractivity contribution in [2.75, 3.05) is 18.1 Å². The highest BCUT2D eigenvalue weighted by atomic mass is 32.2. The SMILES string of the molecule is CCCS(=O)(=O)CCC.CCO. The van der Waals surface area contributed by atoms with Crippen LogP contribution in [0.25, 0.3) is 0 Å². The Labute approximate surface area is 75.7 Å². The highest BCUT2D eigenvalue weighted by molar-refractivity contribution is 7.91. The van der Waals surface area contributed by atoms with Crippen LogP contribution in [0.3, 0.4) is 0 Å². The van der Waals surface area contributed by atoms with E-state index in [4.69, 9.17) is 5.11 Å². The van der Waals surface area contributed by atoms with Crippen molar-refractivity contribution in [2.24, 2.45) is 0 Å². The van der Waals surface area contributed by atoms with Crippen LogP contribution in [-0.2, 0) is 9.84 Å². The minimum Gasteiger partial charge on any atom is -0.397 e. The van der Waals surface area contributed by atoms with Crippen molar-refractivity contribution in [1.82, 2.24) is 0 Å². The van der Waals surface area contributed by atoms with Crippen LogP contribution in [0, 0.1) is 0 Å². The molecule has 0 aromatic heterocycles. The molecule has 0 heterocycles. The third kappa shape index (κ3) is 12.6. The van der Waals surface area contributed by atoms with Crippen LogP contribution in [0.1, 0.15) is 33.6 Å². The van der Waals surface area contributed by atoms with E-state index in [2.05, 4.69) is 0 Å². The number of hydrogen-bond acceptors (Lipinski definition) is 3. The van der Waals surface area contributed by atoms with E-state index < -0.39 is 9.84 Å². The fourth-order valence-electron chi connectivity index (χ4n) is 0.724. The molecule has 0 amide bonds. The molecule has 0 saturated carbocycles. The number of hydrogen-bond donors (Lipinski definition) is 1. The second kappa shape index (κ2) is 9.00. The number of sulfone groups is 1. The largest absolute Gasteiger partial charge is 0.397 e. The van der Waals surface area contributed by atoms with E-state index in [1.807, 2.05) is 13.8 Å². The van der Waals surface area contributed by atoms with Gasteiger partial charge in [0.2, 0.25) is 0 Å². The van der Waals surface area contributed by atoms with E-state index >= 15 is 0 Å². The summed E-state index contributed by atoms with van der Waals surface area (Å²) in [6.45, 7) is 5.69. The van der Waals surface area contributed by atoms with Gasteiger partial charge in [-0.15, -0.1) is 0 Å². The molecule has 0 unspecified atom stereocenters. The third-order valence-electron chi connectivity index (χ3n) is 1.03. The summed E-state index contributed by atoms with van der Waals surface area (Å²) in [7, 11) is -2.68. The standard InChI is InChI=1S/C6H14O2S.C2H6O/c1-3-5-9(7,8)6-4-2;1-2-3/h3-6H2,1-2H3;3H,2H2,1H3. The van der Waals surface area contributed by atoms with Gasteiger partial charge in [0.05, 0.1) is 0 Å². The number of rotatable bonds is 4. The van der Waals surface area contributed by atoms with Gasteiger partial charge in [0.15, 0.2) is 0 Å². The lowest BCUT2D eigenvalue weighted by Crippen LogP contribution is -2.08. The smallest absolute Gasteiger partial charge is 0.150 e. The van der Waals surface area contributed by atoms with Crippen molar-refractivity contribution in [1.29, 1.82) is 0 Å². The van der Waals surface area contributed by atoms with Crippen LogP contribution in [-0.4, -0.2) is 31.6 Å². The molecule has 0 saturated heterocycles. The predicted molar refractivity (Wildman–Crippen MR) is 52.0 cm³/mol. The van der Waals surface area contributed by atoms with E-state index in [1.54, 1.807) is 6.92 Å². The molecule has 0 aliphatic carbocycles. The van der Waals surface area contributed by atoms with Gasteiger partial charge in [-0.3, -0.25) is 0 Å². The van der Waals surface area contributed by atoms with E-state index in [0.29, 0.717) is 11.5 Å². The maximum atomic E-state index is 10.8. The molecule has 76 valence electrons. The molecule has 4 heteroatoms. The van der Waals surface area contributed by atoms with Crippen molar-refractivity contribution in [3.63, 3.8) is 0 Å². The van der Waals surface area contributed by atoms with Gasteiger partial charge in [-0.1, -0.05) is 13.8 Å². The Hall–Kier alpha value is -0.0900. The fourth-order valence-corrected chi connectivity index (χ4v) is 2.17. The van der Waals surface area contributed by atoms with Crippen molar-refractivity contribution in [3.8, 4) is 0 Å². The topological polar surface area (TPSA) is 54.4 Å². The highest BCUT2D eigenvalue weighted by Crippen LogP contribution is 1.94. The maximum Gasteiger partial charge on any atom is 0.150 e. The molecule has 0 aliphatic rings. The van der Waals surface area contributed by atoms with E-state index in [0.717, 1.165) is 12.8 Å². The zero-order chi connectivity index (χ0) is 10.0. The van der Waals surface area contributed by atoms with Crippen LogP contribution in [0.5, 0.6) is 0 Å². The summed E-state index contributed by atoms with van der Waals surface area (Å²) < 4.78 is 21.7. The van der Waals surface area contributed by atoms with Gasteiger partial charge in [-0.05, 0) is 19.8 Å². The zero-order valence-corrected chi connectivity index (χ0v) is 9.02. The van der Waals surface area contributed by atoms with E-state index in [-0.39, 0.29) is 6.61 Å². The van der Waals surface area contributed by atoms with E-state index in [9.17, 15) is 8.42 Å². The molecule has 12 heavy (non-hydrogen) atoms. The lowest BCUT2D eigenvalue weighted by atomic mass is 10.6.